The van der Waals surface area contributed by atoms with Gasteiger partial charge >= 0.3 is 5.97 Å². The van der Waals surface area contributed by atoms with Crippen LogP contribution in [0.5, 0.6) is 0 Å². The monoisotopic (exact) mass is 403 g/mol. The topological polar surface area (TPSA) is 72.5 Å². The average Bonchev–Trinajstić information content (AvgIpc) is 2.72. The van der Waals surface area contributed by atoms with Crippen LogP contribution in [0.3, 0.4) is 0 Å². The zero-order valence-corrected chi connectivity index (χ0v) is 16.4. The molecule has 2 aromatic carbocycles. The summed E-state index contributed by atoms with van der Waals surface area (Å²) in [5, 5.41) is 2.62. The molecule has 0 spiro atoms. The van der Waals surface area contributed by atoms with Crippen molar-refractivity contribution in [3.05, 3.63) is 65.5 Å². The molecule has 0 aliphatic rings. The van der Waals surface area contributed by atoms with Gasteiger partial charge in [0, 0.05) is 23.4 Å². The molecular formula is C21H22FNO4S. The van der Waals surface area contributed by atoms with Crippen LogP contribution in [0.4, 0.5) is 4.39 Å². The Morgan fingerprint density at radius 3 is 2.32 bits per heavy atom. The molecule has 5 nitrogen and oxygen atoms in total. The van der Waals surface area contributed by atoms with Crippen molar-refractivity contribution in [3.63, 3.8) is 0 Å². The fourth-order valence-electron chi connectivity index (χ4n) is 2.40. The van der Waals surface area contributed by atoms with Crippen LogP contribution in [0, 0.1) is 5.82 Å². The van der Waals surface area contributed by atoms with Crippen molar-refractivity contribution in [1.82, 2.24) is 5.32 Å². The number of hydrogen-bond donors (Lipinski definition) is 1. The highest BCUT2D eigenvalue weighted by molar-refractivity contribution is 7.98. The first-order valence-corrected chi connectivity index (χ1v) is 10.0. The van der Waals surface area contributed by atoms with Gasteiger partial charge in [-0.05, 0) is 42.5 Å². The lowest BCUT2D eigenvalue weighted by Crippen LogP contribution is -2.30. The number of amides is 1. The van der Waals surface area contributed by atoms with Crippen LogP contribution in [-0.2, 0) is 20.7 Å². The second-order valence-corrected chi connectivity index (χ2v) is 6.92. The van der Waals surface area contributed by atoms with Gasteiger partial charge in [0.2, 0.25) is 0 Å². The number of benzene rings is 2. The van der Waals surface area contributed by atoms with Crippen LogP contribution in [0.2, 0.25) is 0 Å². The van der Waals surface area contributed by atoms with Crippen molar-refractivity contribution in [3.8, 4) is 0 Å². The Bertz CT molecular complexity index is 806. The minimum Gasteiger partial charge on any atom is -0.456 e. The Hall–Kier alpha value is -2.67. The molecule has 0 unspecified atom stereocenters. The van der Waals surface area contributed by atoms with E-state index < -0.39 is 18.5 Å². The Kier molecular flexibility index (Phi) is 8.68. The summed E-state index contributed by atoms with van der Waals surface area (Å²) in [7, 11) is 0. The molecule has 0 radical (unpaired) electrons. The van der Waals surface area contributed by atoms with Gasteiger partial charge in [-0.2, -0.15) is 0 Å². The Morgan fingerprint density at radius 1 is 1.00 bits per heavy atom. The van der Waals surface area contributed by atoms with Gasteiger partial charge in [0.1, 0.15) is 5.82 Å². The van der Waals surface area contributed by atoms with E-state index in [1.807, 2.05) is 18.4 Å². The molecule has 0 fully saturated rings. The minimum absolute atomic E-state index is 0.0314. The highest BCUT2D eigenvalue weighted by atomic mass is 32.2. The molecule has 1 amide bonds. The van der Waals surface area contributed by atoms with Crippen molar-refractivity contribution in [2.45, 2.75) is 24.2 Å². The van der Waals surface area contributed by atoms with Crippen molar-refractivity contribution >= 4 is 29.4 Å². The Labute approximate surface area is 167 Å². The molecule has 0 saturated carbocycles. The van der Waals surface area contributed by atoms with Crippen LogP contribution < -0.4 is 5.32 Å². The molecule has 1 N–H and O–H groups in total. The zero-order valence-electron chi connectivity index (χ0n) is 15.6. The van der Waals surface area contributed by atoms with Gasteiger partial charge in [0.05, 0.1) is 6.42 Å². The highest BCUT2D eigenvalue weighted by Crippen LogP contribution is 2.16. The van der Waals surface area contributed by atoms with E-state index in [0.717, 1.165) is 10.5 Å². The second-order valence-electron chi connectivity index (χ2n) is 6.04. The molecule has 2 rings (SSSR count). The number of hydrogen-bond acceptors (Lipinski definition) is 5. The van der Waals surface area contributed by atoms with Crippen LogP contribution in [0.15, 0.2) is 53.4 Å². The lowest BCUT2D eigenvalue weighted by atomic mass is 10.1. The van der Waals surface area contributed by atoms with E-state index in [1.54, 1.807) is 36.0 Å². The van der Waals surface area contributed by atoms with E-state index in [4.69, 9.17) is 4.74 Å². The lowest BCUT2D eigenvalue weighted by molar-refractivity contribution is -0.148. The van der Waals surface area contributed by atoms with Gasteiger partial charge in [-0.1, -0.05) is 24.3 Å². The van der Waals surface area contributed by atoms with Crippen molar-refractivity contribution in [2.24, 2.45) is 0 Å². The van der Waals surface area contributed by atoms with Gasteiger partial charge in [0.25, 0.3) is 5.91 Å². The maximum absolute atomic E-state index is 12.8. The number of Topliss-reactive ketones (excluding diaryl/α,β-unsaturated/α-hetero) is 1. The summed E-state index contributed by atoms with van der Waals surface area (Å²) in [5.74, 6) is -1.47. The first-order valence-electron chi connectivity index (χ1n) is 8.82. The van der Waals surface area contributed by atoms with Gasteiger partial charge in [-0.25, -0.2) is 4.39 Å². The summed E-state index contributed by atoms with van der Waals surface area (Å²) in [6, 6.07) is 13.2. The van der Waals surface area contributed by atoms with E-state index in [2.05, 4.69) is 5.32 Å². The number of thioether (sulfide) groups is 1. The van der Waals surface area contributed by atoms with E-state index in [9.17, 15) is 18.8 Å². The summed E-state index contributed by atoms with van der Waals surface area (Å²) in [4.78, 5) is 36.5. The highest BCUT2D eigenvalue weighted by Gasteiger charge is 2.12. The maximum Gasteiger partial charge on any atom is 0.306 e. The van der Waals surface area contributed by atoms with E-state index in [0.29, 0.717) is 18.5 Å². The fraction of sp³-hybridized carbons (Fsp3) is 0.286. The predicted octanol–water partition coefficient (Wildman–Crippen LogP) is 3.41. The molecule has 28 heavy (non-hydrogen) atoms. The summed E-state index contributed by atoms with van der Waals surface area (Å²) in [5.41, 5.74) is 1.44. The number of carbonyl (C=O) groups is 3. The van der Waals surface area contributed by atoms with Crippen LogP contribution in [0.25, 0.3) is 0 Å². The average molecular weight is 403 g/mol. The number of halogens is 1. The number of ketones is 1. The second kappa shape index (κ2) is 11.2. The van der Waals surface area contributed by atoms with E-state index >= 15 is 0 Å². The Morgan fingerprint density at radius 2 is 1.68 bits per heavy atom. The summed E-state index contributed by atoms with van der Waals surface area (Å²) < 4.78 is 17.7. The van der Waals surface area contributed by atoms with Crippen LogP contribution in [-0.4, -0.2) is 37.1 Å². The third-order valence-corrected chi connectivity index (χ3v) is 4.73. The first kappa shape index (κ1) is 21.6. The zero-order chi connectivity index (χ0) is 20.4. The third kappa shape index (κ3) is 7.52. The Balaban J connectivity index is 1.62. The standard InChI is InChI=1S/C21H22FNO4S/c1-28-18-8-4-16(5-9-18)19(24)10-11-21(26)27-14-20(25)23-13-12-15-2-6-17(22)7-3-15/h2-9H,10-14H2,1H3,(H,23,25). The summed E-state index contributed by atoms with van der Waals surface area (Å²) >= 11 is 1.58. The van der Waals surface area contributed by atoms with Crippen LogP contribution >= 0.6 is 11.8 Å². The summed E-state index contributed by atoms with van der Waals surface area (Å²) in [6.07, 6.45) is 2.45. The fourth-order valence-corrected chi connectivity index (χ4v) is 2.81. The minimum atomic E-state index is -0.595. The molecule has 0 aliphatic carbocycles. The molecule has 0 atom stereocenters. The van der Waals surface area contributed by atoms with Crippen molar-refractivity contribution in [2.75, 3.05) is 19.4 Å². The summed E-state index contributed by atoms with van der Waals surface area (Å²) in [6.45, 7) is -0.0363. The molecule has 2 aromatic rings. The lowest BCUT2D eigenvalue weighted by Gasteiger charge is -2.07. The molecule has 7 heteroatoms. The number of carbonyl (C=O) groups excluding carboxylic acids is 3. The van der Waals surface area contributed by atoms with Gasteiger partial charge in [-0.15, -0.1) is 11.8 Å². The first-order chi connectivity index (χ1) is 13.5. The third-order valence-electron chi connectivity index (χ3n) is 3.98. The van der Waals surface area contributed by atoms with E-state index in [-0.39, 0.29) is 24.4 Å². The normalized spacial score (nSPS) is 10.4. The van der Waals surface area contributed by atoms with Gasteiger partial charge < -0.3 is 10.1 Å². The van der Waals surface area contributed by atoms with Crippen LogP contribution in [0.1, 0.15) is 28.8 Å². The SMILES string of the molecule is CSc1ccc(C(=O)CCC(=O)OCC(=O)NCCc2ccc(F)cc2)cc1. The molecule has 0 bridgehead atoms. The largest absolute Gasteiger partial charge is 0.456 e. The molecule has 0 heterocycles. The number of rotatable bonds is 10. The molecular weight excluding hydrogens is 381 g/mol. The molecule has 0 aliphatic heterocycles. The number of nitrogens with one attached hydrogen (secondary N) is 1. The van der Waals surface area contributed by atoms with Crippen molar-refractivity contribution < 1.29 is 23.5 Å². The van der Waals surface area contributed by atoms with Crippen molar-refractivity contribution in [1.29, 1.82) is 0 Å². The maximum atomic E-state index is 12.8. The quantitative estimate of drug-likeness (QED) is 0.374. The molecule has 0 saturated heterocycles. The van der Waals surface area contributed by atoms with Gasteiger partial charge in [0.15, 0.2) is 12.4 Å². The van der Waals surface area contributed by atoms with Gasteiger partial charge in [-0.3, -0.25) is 14.4 Å². The predicted molar refractivity (Wildman–Crippen MR) is 106 cm³/mol. The molecule has 148 valence electrons. The number of esters is 1. The number of ether oxygens (including phenoxy) is 1. The smallest absolute Gasteiger partial charge is 0.306 e. The van der Waals surface area contributed by atoms with E-state index in [1.165, 1.54) is 12.1 Å². The molecule has 0 aromatic heterocycles.